The van der Waals surface area contributed by atoms with Crippen molar-refractivity contribution in [1.29, 1.82) is 0 Å². The van der Waals surface area contributed by atoms with Crippen molar-refractivity contribution in [1.82, 2.24) is 4.90 Å². The number of fused-ring (bicyclic) bond motifs is 1. The Morgan fingerprint density at radius 3 is 2.50 bits per heavy atom. The molecule has 0 bridgehead atoms. The van der Waals surface area contributed by atoms with Crippen molar-refractivity contribution in [2.45, 2.75) is 58.5 Å². The monoisotopic (exact) mass is 491 g/mol. The van der Waals surface area contributed by atoms with Gasteiger partial charge in [0.15, 0.2) is 11.5 Å². The van der Waals surface area contributed by atoms with Gasteiger partial charge in [-0.05, 0) is 65.7 Å². The molecule has 2 saturated carbocycles. The molecule has 5 heteroatoms. The first-order chi connectivity index (χ1) is 17.5. The van der Waals surface area contributed by atoms with E-state index in [1.54, 1.807) is 7.11 Å². The standard InChI is InChI=1S/C31H41NO4/c1-4-31(2)21-32(30(33)20-35-18-22-10-6-5-7-11-22)17-27(31)23-14-15-28(34-3)29(16-23)36-19-26-24-12-8-9-13-25(24)26/h5-7,10-11,14-16,24-27H,4,8-9,12-13,17-21H2,1-3H3. The molecule has 1 saturated heterocycles. The van der Waals surface area contributed by atoms with Gasteiger partial charge in [-0.1, -0.05) is 63.1 Å². The van der Waals surface area contributed by atoms with Crippen LogP contribution >= 0.6 is 0 Å². The molecule has 194 valence electrons. The zero-order chi connectivity index (χ0) is 25.1. The molecular weight excluding hydrogens is 450 g/mol. The predicted molar refractivity (Wildman–Crippen MR) is 141 cm³/mol. The molecule has 4 unspecified atom stereocenters. The molecule has 3 aliphatic rings. The molecule has 2 aromatic rings. The Kier molecular flexibility index (Phi) is 7.57. The lowest BCUT2D eigenvalue weighted by Crippen LogP contribution is -2.33. The van der Waals surface area contributed by atoms with Crippen LogP contribution in [0.2, 0.25) is 0 Å². The van der Waals surface area contributed by atoms with E-state index in [-0.39, 0.29) is 23.8 Å². The summed E-state index contributed by atoms with van der Waals surface area (Å²) in [6.07, 6.45) is 6.48. The molecule has 0 radical (unpaired) electrons. The molecule has 36 heavy (non-hydrogen) atoms. The average molecular weight is 492 g/mol. The van der Waals surface area contributed by atoms with E-state index >= 15 is 0 Å². The average Bonchev–Trinajstić information content (AvgIpc) is 3.51. The second-order valence-corrected chi connectivity index (χ2v) is 11.3. The minimum atomic E-state index is 0.00633. The van der Waals surface area contributed by atoms with Crippen LogP contribution in [-0.4, -0.2) is 44.2 Å². The van der Waals surface area contributed by atoms with E-state index in [0.29, 0.717) is 19.1 Å². The first kappa shape index (κ1) is 25.1. The van der Waals surface area contributed by atoms with Gasteiger partial charge in [0.25, 0.3) is 0 Å². The molecule has 0 N–H and O–H groups in total. The van der Waals surface area contributed by atoms with Crippen molar-refractivity contribution in [3.8, 4) is 11.5 Å². The maximum atomic E-state index is 13.0. The van der Waals surface area contributed by atoms with Crippen LogP contribution in [0.1, 0.15) is 63.0 Å². The van der Waals surface area contributed by atoms with Crippen LogP contribution in [0.4, 0.5) is 0 Å². The van der Waals surface area contributed by atoms with Gasteiger partial charge in [-0.25, -0.2) is 0 Å². The number of hydrogen-bond acceptors (Lipinski definition) is 4. The summed E-state index contributed by atoms with van der Waals surface area (Å²) in [6, 6.07) is 16.4. The summed E-state index contributed by atoms with van der Waals surface area (Å²) in [5.74, 6) is 4.39. The summed E-state index contributed by atoms with van der Waals surface area (Å²) in [5, 5.41) is 0. The van der Waals surface area contributed by atoms with Crippen LogP contribution in [0.3, 0.4) is 0 Å². The first-order valence-corrected chi connectivity index (χ1v) is 13.7. The molecule has 0 spiro atoms. The van der Waals surface area contributed by atoms with Gasteiger partial charge in [-0.2, -0.15) is 0 Å². The molecule has 2 aliphatic carbocycles. The molecule has 3 fully saturated rings. The third kappa shape index (κ3) is 5.27. The summed E-state index contributed by atoms with van der Waals surface area (Å²) in [5.41, 5.74) is 2.31. The molecule has 1 amide bonds. The molecule has 5 nitrogen and oxygen atoms in total. The van der Waals surface area contributed by atoms with E-state index in [4.69, 9.17) is 14.2 Å². The van der Waals surface area contributed by atoms with Crippen LogP contribution in [0.25, 0.3) is 0 Å². The predicted octanol–water partition coefficient (Wildman–Crippen LogP) is 6.07. The number of rotatable bonds is 10. The van der Waals surface area contributed by atoms with Gasteiger partial charge in [0.2, 0.25) is 5.91 Å². The normalized spacial score (nSPS) is 29.0. The highest BCUT2D eigenvalue weighted by atomic mass is 16.5. The maximum Gasteiger partial charge on any atom is 0.248 e. The van der Waals surface area contributed by atoms with Crippen molar-refractivity contribution in [3.05, 3.63) is 59.7 Å². The lowest BCUT2D eigenvalue weighted by atomic mass is 9.74. The number of methoxy groups -OCH3 is 1. The highest BCUT2D eigenvalue weighted by Crippen LogP contribution is 2.55. The lowest BCUT2D eigenvalue weighted by molar-refractivity contribution is -0.135. The number of amides is 1. The van der Waals surface area contributed by atoms with E-state index in [9.17, 15) is 4.79 Å². The van der Waals surface area contributed by atoms with Crippen LogP contribution in [0, 0.1) is 23.2 Å². The minimum absolute atomic E-state index is 0.00633. The number of nitrogens with zero attached hydrogens (tertiary/aromatic N) is 1. The summed E-state index contributed by atoms with van der Waals surface area (Å²) in [4.78, 5) is 15.0. The zero-order valence-electron chi connectivity index (χ0n) is 22.1. The number of carbonyl (C=O) groups excluding carboxylic acids is 1. The van der Waals surface area contributed by atoms with E-state index < -0.39 is 0 Å². The van der Waals surface area contributed by atoms with Gasteiger partial charge in [0.05, 0.1) is 20.3 Å². The maximum absolute atomic E-state index is 13.0. The second-order valence-electron chi connectivity index (χ2n) is 11.3. The Morgan fingerprint density at radius 2 is 1.81 bits per heavy atom. The second kappa shape index (κ2) is 10.8. The molecular formula is C31H41NO4. The van der Waals surface area contributed by atoms with Crippen molar-refractivity contribution < 1.29 is 19.0 Å². The Bertz CT molecular complexity index is 1030. The van der Waals surface area contributed by atoms with Crippen molar-refractivity contribution in [2.24, 2.45) is 23.2 Å². The smallest absolute Gasteiger partial charge is 0.248 e. The third-order valence-corrected chi connectivity index (χ3v) is 9.15. The van der Waals surface area contributed by atoms with Crippen molar-refractivity contribution in [3.63, 3.8) is 0 Å². The first-order valence-electron chi connectivity index (χ1n) is 13.7. The SMILES string of the molecule is CCC1(C)CN(C(=O)COCc2ccccc2)CC1c1ccc(OC)c(OCC2C3CCCCC32)c1. The number of ether oxygens (including phenoxy) is 3. The lowest BCUT2D eigenvalue weighted by Gasteiger charge is -2.29. The van der Waals surface area contributed by atoms with Gasteiger partial charge in [-0.15, -0.1) is 0 Å². The number of hydrogen-bond donors (Lipinski definition) is 0. The topological polar surface area (TPSA) is 48.0 Å². The Hall–Kier alpha value is -2.53. The number of carbonyl (C=O) groups is 1. The summed E-state index contributed by atoms with van der Waals surface area (Å²) < 4.78 is 17.8. The molecule has 4 atom stereocenters. The fourth-order valence-corrected chi connectivity index (χ4v) is 6.63. The van der Waals surface area contributed by atoms with Gasteiger partial charge in [0, 0.05) is 19.0 Å². The van der Waals surface area contributed by atoms with E-state index in [0.717, 1.165) is 48.5 Å². The Morgan fingerprint density at radius 1 is 1.06 bits per heavy atom. The van der Waals surface area contributed by atoms with E-state index in [2.05, 4.69) is 26.0 Å². The summed E-state index contributed by atoms with van der Waals surface area (Å²) in [6.45, 7) is 7.33. The van der Waals surface area contributed by atoms with Crippen LogP contribution in [0.5, 0.6) is 11.5 Å². The van der Waals surface area contributed by atoms with Gasteiger partial charge in [0.1, 0.15) is 6.61 Å². The summed E-state index contributed by atoms with van der Waals surface area (Å²) in [7, 11) is 1.71. The molecule has 1 heterocycles. The van der Waals surface area contributed by atoms with Gasteiger partial charge < -0.3 is 19.1 Å². The molecule has 2 aromatic carbocycles. The fraction of sp³-hybridized carbons (Fsp3) is 0.581. The largest absolute Gasteiger partial charge is 0.493 e. The molecule has 5 rings (SSSR count). The summed E-state index contributed by atoms with van der Waals surface area (Å²) >= 11 is 0. The van der Waals surface area contributed by atoms with Crippen molar-refractivity contribution in [2.75, 3.05) is 33.4 Å². The number of benzene rings is 2. The van der Waals surface area contributed by atoms with Crippen LogP contribution in [-0.2, 0) is 16.1 Å². The molecule has 1 aliphatic heterocycles. The number of likely N-dealkylation sites (tertiary alicyclic amines) is 1. The third-order valence-electron chi connectivity index (χ3n) is 9.15. The van der Waals surface area contributed by atoms with E-state index in [1.807, 2.05) is 41.3 Å². The fourth-order valence-electron chi connectivity index (χ4n) is 6.63. The minimum Gasteiger partial charge on any atom is -0.493 e. The Balaban J connectivity index is 1.24. The van der Waals surface area contributed by atoms with Gasteiger partial charge >= 0.3 is 0 Å². The van der Waals surface area contributed by atoms with E-state index in [1.165, 1.54) is 31.2 Å². The van der Waals surface area contributed by atoms with Crippen molar-refractivity contribution >= 4 is 5.91 Å². The zero-order valence-corrected chi connectivity index (χ0v) is 22.1. The Labute approximate surface area is 216 Å². The van der Waals surface area contributed by atoms with Gasteiger partial charge in [-0.3, -0.25) is 4.79 Å². The van der Waals surface area contributed by atoms with Crippen LogP contribution < -0.4 is 9.47 Å². The highest BCUT2D eigenvalue weighted by Gasteiger charge is 2.51. The molecule has 0 aromatic heterocycles. The quantitative estimate of drug-likeness (QED) is 0.405. The van der Waals surface area contributed by atoms with Crippen LogP contribution in [0.15, 0.2) is 48.5 Å². The highest BCUT2D eigenvalue weighted by molar-refractivity contribution is 5.78.